The quantitative estimate of drug-likeness (QED) is 0.129. The Morgan fingerprint density at radius 2 is 1.49 bits per heavy atom. The van der Waals surface area contributed by atoms with Crippen LogP contribution in [0.2, 0.25) is 0 Å². The van der Waals surface area contributed by atoms with Crippen molar-refractivity contribution in [1.82, 2.24) is 20.2 Å². The third kappa shape index (κ3) is 10.3. The lowest BCUT2D eigenvalue weighted by molar-refractivity contribution is -0.110. The molecule has 2 rings (SSSR count). The number of aryl methyl sites for hydroxylation is 1. The van der Waals surface area contributed by atoms with Crippen LogP contribution in [0.3, 0.4) is 0 Å². The molecule has 0 spiro atoms. The van der Waals surface area contributed by atoms with Crippen molar-refractivity contribution in [3.8, 4) is 0 Å². The fourth-order valence-corrected chi connectivity index (χ4v) is 4.35. The largest absolute Gasteiger partial charge is 0.395 e. The predicted molar refractivity (Wildman–Crippen MR) is 151 cm³/mol. The summed E-state index contributed by atoms with van der Waals surface area (Å²) in [6, 6.07) is 6.13. The fourth-order valence-electron chi connectivity index (χ4n) is 4.35. The molecule has 1 amide bonds. The van der Waals surface area contributed by atoms with E-state index < -0.39 is 5.91 Å². The Kier molecular flexibility index (Phi) is 13.9. The highest BCUT2D eigenvalue weighted by Gasteiger charge is 2.24. The topological polar surface area (TPSA) is 94.3 Å². The second-order valence-electron chi connectivity index (χ2n) is 10.3. The molecule has 206 valence electrons. The van der Waals surface area contributed by atoms with Gasteiger partial charge in [0.05, 0.1) is 6.54 Å². The molecule has 1 aromatic heterocycles. The summed E-state index contributed by atoms with van der Waals surface area (Å²) in [6.07, 6.45) is 12.7. The molecule has 0 bridgehead atoms. The number of nitrogens with zero attached hydrogens (tertiary/aromatic N) is 5. The SMILES string of the molecule is CCCCCCCCCCCCn1nnc(C(=NOCC)C(=O)Nc2c(C(C)C)cccc2C(C)C)n1. The summed E-state index contributed by atoms with van der Waals surface area (Å²) in [4.78, 5) is 20.2. The van der Waals surface area contributed by atoms with Gasteiger partial charge in [0.15, 0.2) is 0 Å². The van der Waals surface area contributed by atoms with Crippen LogP contribution in [-0.4, -0.2) is 38.4 Å². The molecule has 0 aliphatic heterocycles. The highest BCUT2D eigenvalue weighted by molar-refractivity contribution is 6.47. The van der Waals surface area contributed by atoms with Crippen molar-refractivity contribution < 1.29 is 9.63 Å². The molecule has 1 aromatic carbocycles. The minimum absolute atomic E-state index is 0.0319. The molecule has 0 saturated heterocycles. The zero-order valence-electron chi connectivity index (χ0n) is 23.9. The Balaban J connectivity index is 1.99. The molecule has 1 heterocycles. The van der Waals surface area contributed by atoms with E-state index in [4.69, 9.17) is 4.84 Å². The summed E-state index contributed by atoms with van der Waals surface area (Å²) in [6.45, 7) is 13.5. The lowest BCUT2D eigenvalue weighted by atomic mass is 9.92. The maximum atomic E-state index is 13.4. The molecule has 0 unspecified atom stereocenters. The molecule has 0 atom stereocenters. The van der Waals surface area contributed by atoms with E-state index >= 15 is 0 Å². The number of carbonyl (C=O) groups is 1. The number of aromatic nitrogens is 4. The number of oxime groups is 1. The second kappa shape index (κ2) is 16.9. The van der Waals surface area contributed by atoms with Crippen LogP contribution in [0.4, 0.5) is 5.69 Å². The molecular weight excluding hydrogens is 464 g/mol. The summed E-state index contributed by atoms with van der Waals surface area (Å²) in [5.41, 5.74) is 3.00. The number of para-hydroxylation sites is 1. The van der Waals surface area contributed by atoms with E-state index in [1.807, 2.05) is 25.1 Å². The van der Waals surface area contributed by atoms with Crippen molar-refractivity contribution in [3.63, 3.8) is 0 Å². The molecule has 0 radical (unpaired) electrons. The van der Waals surface area contributed by atoms with Crippen LogP contribution in [0.15, 0.2) is 23.4 Å². The Morgan fingerprint density at radius 3 is 2.03 bits per heavy atom. The molecule has 2 aromatic rings. The molecule has 0 saturated carbocycles. The lowest BCUT2D eigenvalue weighted by Gasteiger charge is -2.20. The normalized spacial score (nSPS) is 11.9. The standard InChI is InChI=1S/C29H48N6O2/c1-7-9-10-11-12-13-14-15-16-17-21-35-32-28(31-34-35)27(33-37-8-2)29(36)30-26-24(22(3)4)19-18-20-25(26)23(5)6/h18-20,22-23H,7-17,21H2,1-6H3,(H,30,36). The van der Waals surface area contributed by atoms with Crippen LogP contribution in [0.1, 0.15) is 135 Å². The first kappa shape index (κ1) is 30.5. The maximum absolute atomic E-state index is 13.4. The molecule has 8 heteroatoms. The first-order chi connectivity index (χ1) is 17.9. The van der Waals surface area contributed by atoms with Crippen LogP contribution >= 0.6 is 0 Å². The zero-order valence-corrected chi connectivity index (χ0v) is 23.9. The van der Waals surface area contributed by atoms with Gasteiger partial charge in [-0.15, -0.1) is 10.2 Å². The third-order valence-corrected chi connectivity index (χ3v) is 6.49. The second-order valence-corrected chi connectivity index (χ2v) is 10.3. The van der Waals surface area contributed by atoms with Gasteiger partial charge in [0, 0.05) is 5.69 Å². The number of benzene rings is 1. The number of carbonyl (C=O) groups excluding carboxylic acids is 1. The molecule has 0 fully saturated rings. The summed E-state index contributed by atoms with van der Waals surface area (Å²) in [7, 11) is 0. The van der Waals surface area contributed by atoms with Crippen molar-refractivity contribution >= 4 is 17.3 Å². The van der Waals surface area contributed by atoms with Gasteiger partial charge in [-0.25, -0.2) is 0 Å². The molecule has 0 aliphatic carbocycles. The van der Waals surface area contributed by atoms with Crippen LogP contribution in [0.25, 0.3) is 0 Å². The summed E-state index contributed by atoms with van der Waals surface area (Å²) < 4.78 is 0. The van der Waals surface area contributed by atoms with E-state index in [1.165, 1.54) is 51.4 Å². The Bertz CT molecular complexity index is 941. The van der Waals surface area contributed by atoms with Crippen LogP contribution in [0.5, 0.6) is 0 Å². The van der Waals surface area contributed by atoms with E-state index in [2.05, 4.69) is 60.5 Å². The van der Waals surface area contributed by atoms with Gasteiger partial charge in [-0.3, -0.25) is 4.79 Å². The molecule has 8 nitrogen and oxygen atoms in total. The van der Waals surface area contributed by atoms with E-state index in [0.29, 0.717) is 13.2 Å². The third-order valence-electron chi connectivity index (χ3n) is 6.49. The van der Waals surface area contributed by atoms with Crippen LogP contribution < -0.4 is 5.32 Å². The molecule has 0 aliphatic rings. The van der Waals surface area contributed by atoms with Gasteiger partial charge in [-0.1, -0.05) is 116 Å². The first-order valence-electron chi connectivity index (χ1n) is 14.3. The minimum Gasteiger partial charge on any atom is -0.395 e. The number of hydrogen-bond acceptors (Lipinski definition) is 6. The number of tetrazole rings is 1. The summed E-state index contributed by atoms with van der Waals surface area (Å²) in [5, 5.41) is 19.9. The van der Waals surface area contributed by atoms with Crippen LogP contribution in [-0.2, 0) is 16.2 Å². The van der Waals surface area contributed by atoms with E-state index in [0.717, 1.165) is 29.7 Å². The number of unbranched alkanes of at least 4 members (excludes halogenated alkanes) is 9. The van der Waals surface area contributed by atoms with Crippen molar-refractivity contribution in [2.75, 3.05) is 11.9 Å². The number of nitrogens with one attached hydrogen (secondary N) is 1. The number of anilines is 1. The highest BCUT2D eigenvalue weighted by Crippen LogP contribution is 2.32. The Hall–Kier alpha value is -2.77. The van der Waals surface area contributed by atoms with Gasteiger partial charge in [0.1, 0.15) is 6.61 Å². The fraction of sp³-hybridized carbons (Fsp3) is 0.690. The maximum Gasteiger partial charge on any atom is 0.281 e. The van der Waals surface area contributed by atoms with E-state index in [-0.39, 0.29) is 23.4 Å². The number of hydrogen-bond donors (Lipinski definition) is 1. The van der Waals surface area contributed by atoms with Gasteiger partial charge >= 0.3 is 0 Å². The number of amides is 1. The van der Waals surface area contributed by atoms with Gasteiger partial charge in [-0.2, -0.15) is 4.80 Å². The van der Waals surface area contributed by atoms with E-state index in [1.54, 1.807) is 4.80 Å². The van der Waals surface area contributed by atoms with Crippen molar-refractivity contribution in [3.05, 3.63) is 35.2 Å². The minimum atomic E-state index is -0.401. The monoisotopic (exact) mass is 512 g/mol. The Morgan fingerprint density at radius 1 is 0.919 bits per heavy atom. The predicted octanol–water partition coefficient (Wildman–Crippen LogP) is 7.22. The van der Waals surface area contributed by atoms with Gasteiger partial charge < -0.3 is 10.2 Å². The average molecular weight is 513 g/mol. The summed E-state index contributed by atoms with van der Waals surface area (Å²) >= 11 is 0. The molecule has 37 heavy (non-hydrogen) atoms. The summed E-state index contributed by atoms with van der Waals surface area (Å²) in [5.74, 6) is 0.274. The highest BCUT2D eigenvalue weighted by atomic mass is 16.6. The zero-order chi connectivity index (χ0) is 27.0. The van der Waals surface area contributed by atoms with E-state index in [9.17, 15) is 4.79 Å². The first-order valence-corrected chi connectivity index (χ1v) is 14.3. The van der Waals surface area contributed by atoms with Gasteiger partial charge in [-0.05, 0) is 41.5 Å². The Labute approximate surface area is 223 Å². The van der Waals surface area contributed by atoms with Gasteiger partial charge in [0.25, 0.3) is 5.91 Å². The average Bonchev–Trinajstić information content (AvgIpc) is 3.33. The van der Waals surface area contributed by atoms with Crippen molar-refractivity contribution in [2.45, 2.75) is 124 Å². The van der Waals surface area contributed by atoms with Crippen LogP contribution in [0, 0.1) is 0 Å². The molecule has 1 N–H and O–H groups in total. The number of rotatable bonds is 18. The lowest BCUT2D eigenvalue weighted by Crippen LogP contribution is -2.27. The van der Waals surface area contributed by atoms with Crippen molar-refractivity contribution in [1.29, 1.82) is 0 Å². The smallest absolute Gasteiger partial charge is 0.281 e. The van der Waals surface area contributed by atoms with Crippen molar-refractivity contribution in [2.24, 2.45) is 5.16 Å². The molecular formula is C29H48N6O2. The van der Waals surface area contributed by atoms with Gasteiger partial charge in [0.2, 0.25) is 11.5 Å².